The first-order chi connectivity index (χ1) is 11.3. The zero-order chi connectivity index (χ0) is 15.6. The van der Waals surface area contributed by atoms with E-state index in [4.69, 9.17) is 21.1 Å². The molecule has 0 bridgehead atoms. The Hall–Kier alpha value is -1.07. The van der Waals surface area contributed by atoms with E-state index in [2.05, 4.69) is 17.0 Å². The van der Waals surface area contributed by atoms with Crippen LogP contribution in [0.1, 0.15) is 34.3 Å². The summed E-state index contributed by atoms with van der Waals surface area (Å²) in [4.78, 5) is 5.18. The van der Waals surface area contributed by atoms with Crippen LogP contribution >= 0.6 is 22.9 Å². The Morgan fingerprint density at radius 1 is 1.22 bits per heavy atom. The molecule has 5 heteroatoms. The standard InChI is InChI=1S/C18H20ClNO2S/c19-14-3-5-16-13(10-14)11-20(7-9-22-16)12-15-4-6-18(23-15)17-2-1-8-21-17/h3-6,10,17H,1-2,7-9,11-12H2. The molecule has 0 spiro atoms. The first-order valence-electron chi connectivity index (χ1n) is 8.12. The molecule has 2 aromatic rings. The molecule has 2 aliphatic rings. The summed E-state index contributed by atoms with van der Waals surface area (Å²) in [5, 5.41) is 0.769. The van der Waals surface area contributed by atoms with Gasteiger partial charge >= 0.3 is 0 Å². The van der Waals surface area contributed by atoms with Gasteiger partial charge in [-0.3, -0.25) is 4.90 Å². The summed E-state index contributed by atoms with van der Waals surface area (Å²) in [7, 11) is 0. The van der Waals surface area contributed by atoms with Crippen molar-refractivity contribution >= 4 is 22.9 Å². The zero-order valence-electron chi connectivity index (χ0n) is 13.0. The van der Waals surface area contributed by atoms with Crippen LogP contribution in [0.4, 0.5) is 0 Å². The van der Waals surface area contributed by atoms with Crippen molar-refractivity contribution in [3.05, 3.63) is 50.7 Å². The fourth-order valence-corrected chi connectivity index (χ4v) is 4.56. The number of nitrogens with zero attached hydrogens (tertiary/aromatic N) is 1. The fraction of sp³-hybridized carbons (Fsp3) is 0.444. The van der Waals surface area contributed by atoms with Gasteiger partial charge in [0.05, 0.1) is 6.10 Å². The van der Waals surface area contributed by atoms with Crippen molar-refractivity contribution in [3.8, 4) is 5.75 Å². The summed E-state index contributed by atoms with van der Waals surface area (Å²) in [6.07, 6.45) is 2.66. The molecule has 1 aromatic heterocycles. The Labute approximate surface area is 145 Å². The van der Waals surface area contributed by atoms with Crippen molar-refractivity contribution < 1.29 is 9.47 Å². The van der Waals surface area contributed by atoms with Gasteiger partial charge in [-0.15, -0.1) is 11.3 Å². The number of hydrogen-bond acceptors (Lipinski definition) is 4. The number of thiophene rings is 1. The van der Waals surface area contributed by atoms with Crippen LogP contribution in [0.15, 0.2) is 30.3 Å². The van der Waals surface area contributed by atoms with E-state index < -0.39 is 0 Å². The van der Waals surface area contributed by atoms with Crippen LogP contribution in [0.3, 0.4) is 0 Å². The van der Waals surface area contributed by atoms with Crippen molar-refractivity contribution in [2.45, 2.75) is 32.0 Å². The van der Waals surface area contributed by atoms with Gasteiger partial charge < -0.3 is 9.47 Å². The molecule has 23 heavy (non-hydrogen) atoms. The minimum absolute atomic E-state index is 0.320. The lowest BCUT2D eigenvalue weighted by Gasteiger charge is -2.18. The van der Waals surface area contributed by atoms with Gasteiger partial charge in [-0.05, 0) is 43.2 Å². The van der Waals surface area contributed by atoms with Crippen LogP contribution in [-0.4, -0.2) is 24.7 Å². The van der Waals surface area contributed by atoms with Gasteiger partial charge in [0.25, 0.3) is 0 Å². The van der Waals surface area contributed by atoms with Crippen LogP contribution in [0.2, 0.25) is 5.02 Å². The van der Waals surface area contributed by atoms with Crippen LogP contribution < -0.4 is 4.74 Å². The van der Waals surface area contributed by atoms with E-state index in [1.165, 1.54) is 21.7 Å². The van der Waals surface area contributed by atoms with Gasteiger partial charge in [0, 0.05) is 46.6 Å². The molecule has 122 valence electrons. The predicted octanol–water partition coefficient (Wildman–Crippen LogP) is 4.65. The minimum Gasteiger partial charge on any atom is -0.492 e. The molecule has 1 aromatic carbocycles. The number of fused-ring (bicyclic) bond motifs is 1. The maximum Gasteiger partial charge on any atom is 0.123 e. The summed E-state index contributed by atoms with van der Waals surface area (Å²) < 4.78 is 11.6. The van der Waals surface area contributed by atoms with Crippen molar-refractivity contribution in [2.24, 2.45) is 0 Å². The van der Waals surface area contributed by atoms with Crippen molar-refractivity contribution in [1.29, 1.82) is 0 Å². The third-order valence-corrected chi connectivity index (χ3v) is 5.79. The summed E-state index contributed by atoms with van der Waals surface area (Å²) >= 11 is 8.01. The zero-order valence-corrected chi connectivity index (χ0v) is 14.5. The molecule has 1 unspecified atom stereocenters. The molecule has 1 fully saturated rings. The molecule has 0 aliphatic carbocycles. The van der Waals surface area contributed by atoms with Gasteiger partial charge in [0.1, 0.15) is 12.4 Å². The molecule has 2 aliphatic heterocycles. The predicted molar refractivity (Wildman–Crippen MR) is 93.3 cm³/mol. The highest BCUT2D eigenvalue weighted by Crippen LogP contribution is 2.34. The van der Waals surface area contributed by atoms with Crippen LogP contribution in [-0.2, 0) is 17.8 Å². The summed E-state index contributed by atoms with van der Waals surface area (Å²) in [6, 6.07) is 10.4. The molecule has 1 saturated heterocycles. The van der Waals surface area contributed by atoms with Crippen molar-refractivity contribution in [2.75, 3.05) is 19.8 Å². The molecule has 0 radical (unpaired) electrons. The molecule has 0 N–H and O–H groups in total. The smallest absolute Gasteiger partial charge is 0.123 e. The number of halogens is 1. The van der Waals surface area contributed by atoms with Gasteiger partial charge in [-0.2, -0.15) is 0 Å². The van der Waals surface area contributed by atoms with Crippen molar-refractivity contribution in [1.82, 2.24) is 4.90 Å². The Balaban J connectivity index is 1.46. The monoisotopic (exact) mass is 349 g/mol. The van der Waals surface area contributed by atoms with Crippen molar-refractivity contribution in [3.63, 3.8) is 0 Å². The molecule has 1 atom stereocenters. The highest BCUT2D eigenvalue weighted by atomic mass is 35.5. The van der Waals surface area contributed by atoms with Gasteiger partial charge in [-0.1, -0.05) is 11.6 Å². The minimum atomic E-state index is 0.320. The van der Waals surface area contributed by atoms with E-state index in [0.29, 0.717) is 6.10 Å². The quantitative estimate of drug-likeness (QED) is 0.805. The first kappa shape index (κ1) is 15.5. The number of benzene rings is 1. The second-order valence-electron chi connectivity index (χ2n) is 6.12. The number of ether oxygens (including phenoxy) is 2. The average molecular weight is 350 g/mol. The highest BCUT2D eigenvalue weighted by Gasteiger charge is 2.21. The SMILES string of the molecule is Clc1ccc2c(c1)CN(Cc1ccc(C3CCCO3)s1)CCO2. The van der Waals surface area contributed by atoms with Crippen LogP contribution in [0.5, 0.6) is 5.75 Å². The summed E-state index contributed by atoms with van der Waals surface area (Å²) in [5.41, 5.74) is 1.17. The number of rotatable bonds is 3. The Morgan fingerprint density at radius 3 is 3.04 bits per heavy atom. The van der Waals surface area contributed by atoms with Crippen LogP contribution in [0.25, 0.3) is 0 Å². The molecule has 4 rings (SSSR count). The molecular weight excluding hydrogens is 330 g/mol. The van der Waals surface area contributed by atoms with E-state index in [9.17, 15) is 0 Å². The molecular formula is C18H20ClNO2S. The van der Waals surface area contributed by atoms with E-state index >= 15 is 0 Å². The second kappa shape index (κ2) is 6.81. The van der Waals surface area contributed by atoms with E-state index in [0.717, 1.165) is 50.0 Å². The van der Waals surface area contributed by atoms with Gasteiger partial charge in [0.15, 0.2) is 0 Å². The average Bonchev–Trinajstić information content (AvgIpc) is 3.16. The Kier molecular flexibility index (Phi) is 4.58. The lowest BCUT2D eigenvalue weighted by Crippen LogP contribution is -2.24. The van der Waals surface area contributed by atoms with E-state index in [-0.39, 0.29) is 0 Å². The first-order valence-corrected chi connectivity index (χ1v) is 9.31. The topological polar surface area (TPSA) is 21.7 Å². The maximum absolute atomic E-state index is 6.13. The van der Waals surface area contributed by atoms with E-state index in [1.54, 1.807) is 0 Å². The highest BCUT2D eigenvalue weighted by molar-refractivity contribution is 7.12. The third-order valence-electron chi connectivity index (χ3n) is 4.39. The lowest BCUT2D eigenvalue weighted by atomic mass is 10.2. The van der Waals surface area contributed by atoms with Gasteiger partial charge in [-0.25, -0.2) is 0 Å². The lowest BCUT2D eigenvalue weighted by molar-refractivity contribution is 0.114. The van der Waals surface area contributed by atoms with Gasteiger partial charge in [0.2, 0.25) is 0 Å². The molecule has 3 nitrogen and oxygen atoms in total. The molecule has 0 saturated carbocycles. The largest absolute Gasteiger partial charge is 0.492 e. The molecule has 0 amide bonds. The maximum atomic E-state index is 6.13. The summed E-state index contributed by atoms with van der Waals surface area (Å²) in [6.45, 7) is 4.38. The summed E-state index contributed by atoms with van der Waals surface area (Å²) in [5.74, 6) is 0.961. The van der Waals surface area contributed by atoms with Crippen LogP contribution in [0, 0.1) is 0 Å². The number of hydrogen-bond donors (Lipinski definition) is 0. The fourth-order valence-electron chi connectivity index (χ4n) is 3.23. The second-order valence-corrected chi connectivity index (χ2v) is 7.75. The Bertz CT molecular complexity index is 681. The molecule has 3 heterocycles. The third kappa shape index (κ3) is 3.56. The van der Waals surface area contributed by atoms with E-state index in [1.807, 2.05) is 29.5 Å². The Morgan fingerprint density at radius 2 is 2.17 bits per heavy atom. The normalized spacial score (nSPS) is 21.7.